The Bertz CT molecular complexity index is 535. The van der Waals surface area contributed by atoms with Gasteiger partial charge in [-0.05, 0) is 61.4 Å². The third kappa shape index (κ3) is 2.00. The van der Waals surface area contributed by atoms with Crippen LogP contribution in [-0.4, -0.2) is 22.0 Å². The molecule has 1 aromatic carbocycles. The van der Waals surface area contributed by atoms with E-state index in [0.29, 0.717) is 16.7 Å². The van der Waals surface area contributed by atoms with Gasteiger partial charge >= 0.3 is 6.18 Å². The number of rotatable bonds is 0. The first-order chi connectivity index (χ1) is 8.58. The van der Waals surface area contributed by atoms with Crippen molar-refractivity contribution in [3.63, 3.8) is 0 Å². The Morgan fingerprint density at radius 1 is 1.00 bits per heavy atom. The number of hydrogen-bond donors (Lipinski definition) is 2. The maximum Gasteiger partial charge on any atom is 0.417 e. The van der Waals surface area contributed by atoms with Crippen molar-refractivity contribution in [2.45, 2.75) is 51.8 Å². The molecular formula is C14H17F3O2. The van der Waals surface area contributed by atoms with Gasteiger partial charge in [-0.1, -0.05) is 0 Å². The average molecular weight is 274 g/mol. The van der Waals surface area contributed by atoms with Crippen molar-refractivity contribution >= 4 is 0 Å². The Kier molecular flexibility index (Phi) is 3.08. The molecule has 0 aliphatic heterocycles. The van der Waals surface area contributed by atoms with Gasteiger partial charge in [-0.25, -0.2) is 0 Å². The molecule has 2 nitrogen and oxygen atoms in total. The molecule has 1 aromatic rings. The largest absolute Gasteiger partial charge is 0.507 e. The number of phenols is 1. The number of aliphatic hydroxyl groups is 1. The molecule has 1 atom stereocenters. The fourth-order valence-corrected chi connectivity index (χ4v) is 2.74. The molecule has 0 spiro atoms. The third-order valence-electron chi connectivity index (χ3n) is 4.37. The molecule has 106 valence electrons. The number of phenolic OH excluding ortho intramolecular Hbond substituents is 1. The predicted molar refractivity (Wildman–Crippen MR) is 65.3 cm³/mol. The summed E-state index contributed by atoms with van der Waals surface area (Å²) in [5.41, 5.74) is 0.518. The molecule has 2 N–H and O–H groups in total. The molecule has 0 bridgehead atoms. The summed E-state index contributed by atoms with van der Waals surface area (Å²) < 4.78 is 38.8. The third-order valence-corrected chi connectivity index (χ3v) is 4.37. The molecule has 0 amide bonds. The number of fused-ring (bicyclic) bond motifs is 1. The zero-order chi connectivity index (χ0) is 14.6. The van der Waals surface area contributed by atoms with Crippen LogP contribution in [0.5, 0.6) is 5.75 Å². The van der Waals surface area contributed by atoms with Gasteiger partial charge in [-0.15, -0.1) is 0 Å². The van der Waals surface area contributed by atoms with Crippen LogP contribution in [0.2, 0.25) is 0 Å². The highest BCUT2D eigenvalue weighted by Crippen LogP contribution is 2.45. The molecule has 0 saturated heterocycles. The fraction of sp³-hybridized carbons (Fsp3) is 0.571. The molecule has 19 heavy (non-hydrogen) atoms. The summed E-state index contributed by atoms with van der Waals surface area (Å²) in [6, 6.07) is 0. The summed E-state index contributed by atoms with van der Waals surface area (Å²) in [7, 11) is 0. The first-order valence-corrected chi connectivity index (χ1v) is 6.18. The minimum atomic E-state index is -4.65. The van der Waals surface area contributed by atoms with E-state index in [9.17, 15) is 23.4 Å². The molecule has 0 heterocycles. The van der Waals surface area contributed by atoms with Crippen LogP contribution >= 0.6 is 0 Å². The zero-order valence-electron chi connectivity index (χ0n) is 11.1. The Hall–Kier alpha value is -1.23. The summed E-state index contributed by atoms with van der Waals surface area (Å²) in [4.78, 5) is 0. The highest BCUT2D eigenvalue weighted by atomic mass is 19.4. The normalized spacial score (nSPS) is 23.3. The van der Waals surface area contributed by atoms with Gasteiger partial charge in [0, 0.05) is 6.42 Å². The number of halogens is 3. The standard InChI is InChI=1S/C14H17F3O2/c1-7-8(2)11-6-13(19,14(15,16)17)5-4-10(11)12(18)9(7)3/h18-19H,4-6H2,1-3H3. The molecule has 1 unspecified atom stereocenters. The quantitative estimate of drug-likeness (QED) is 0.763. The van der Waals surface area contributed by atoms with Crippen LogP contribution in [0.4, 0.5) is 13.2 Å². The van der Waals surface area contributed by atoms with Gasteiger partial charge in [0.05, 0.1) is 0 Å². The maximum atomic E-state index is 12.9. The van der Waals surface area contributed by atoms with Crippen molar-refractivity contribution in [1.82, 2.24) is 0 Å². The molecule has 1 aliphatic carbocycles. The van der Waals surface area contributed by atoms with Gasteiger partial charge in [-0.3, -0.25) is 0 Å². The Morgan fingerprint density at radius 3 is 2.11 bits per heavy atom. The van der Waals surface area contributed by atoms with Gasteiger partial charge in [-0.2, -0.15) is 13.2 Å². The van der Waals surface area contributed by atoms with Gasteiger partial charge < -0.3 is 10.2 Å². The first kappa shape index (κ1) is 14.2. The number of alkyl halides is 3. The minimum Gasteiger partial charge on any atom is -0.507 e. The first-order valence-electron chi connectivity index (χ1n) is 6.18. The summed E-state index contributed by atoms with van der Waals surface area (Å²) in [5, 5.41) is 19.9. The maximum absolute atomic E-state index is 12.9. The lowest BCUT2D eigenvalue weighted by atomic mass is 9.76. The van der Waals surface area contributed by atoms with E-state index >= 15 is 0 Å². The predicted octanol–water partition coefficient (Wildman–Crippen LogP) is 3.10. The summed E-state index contributed by atoms with van der Waals surface area (Å²) in [6.45, 7) is 5.26. The van der Waals surface area contributed by atoms with Crippen LogP contribution in [0.3, 0.4) is 0 Å². The summed E-state index contributed by atoms with van der Waals surface area (Å²) >= 11 is 0. The lowest BCUT2D eigenvalue weighted by Crippen LogP contribution is -2.49. The van der Waals surface area contributed by atoms with Crippen LogP contribution in [0.1, 0.15) is 34.2 Å². The van der Waals surface area contributed by atoms with E-state index < -0.39 is 24.6 Å². The number of hydrogen-bond acceptors (Lipinski definition) is 2. The Morgan fingerprint density at radius 2 is 1.58 bits per heavy atom. The van der Waals surface area contributed by atoms with Crippen molar-refractivity contribution in [2.24, 2.45) is 0 Å². The van der Waals surface area contributed by atoms with Crippen molar-refractivity contribution in [3.8, 4) is 5.75 Å². The fourth-order valence-electron chi connectivity index (χ4n) is 2.74. The smallest absolute Gasteiger partial charge is 0.417 e. The molecule has 0 radical (unpaired) electrons. The van der Waals surface area contributed by atoms with E-state index in [1.54, 1.807) is 20.8 Å². The average Bonchev–Trinajstić information content (AvgIpc) is 2.32. The van der Waals surface area contributed by atoms with Gasteiger partial charge in [0.25, 0.3) is 0 Å². The van der Waals surface area contributed by atoms with Crippen molar-refractivity contribution in [1.29, 1.82) is 0 Å². The molecular weight excluding hydrogens is 257 g/mol. The van der Waals surface area contributed by atoms with Crippen LogP contribution in [-0.2, 0) is 12.8 Å². The van der Waals surface area contributed by atoms with E-state index in [1.165, 1.54) is 0 Å². The van der Waals surface area contributed by atoms with E-state index in [2.05, 4.69) is 0 Å². The second-order valence-electron chi connectivity index (χ2n) is 5.39. The van der Waals surface area contributed by atoms with E-state index in [1.807, 2.05) is 0 Å². The van der Waals surface area contributed by atoms with Gasteiger partial charge in [0.2, 0.25) is 0 Å². The minimum absolute atomic E-state index is 0.0408. The van der Waals surface area contributed by atoms with Crippen molar-refractivity contribution < 1.29 is 23.4 Å². The molecule has 0 aromatic heterocycles. The van der Waals surface area contributed by atoms with Crippen LogP contribution < -0.4 is 0 Å². The Labute approximate surface area is 109 Å². The van der Waals surface area contributed by atoms with Crippen LogP contribution in [0.25, 0.3) is 0 Å². The number of benzene rings is 1. The van der Waals surface area contributed by atoms with Gasteiger partial charge in [0.15, 0.2) is 5.60 Å². The SMILES string of the molecule is Cc1c(C)c(O)c2c(c1C)CC(O)(C(F)(F)F)CC2. The highest BCUT2D eigenvalue weighted by Gasteiger charge is 2.55. The monoisotopic (exact) mass is 274 g/mol. The van der Waals surface area contributed by atoms with E-state index in [0.717, 1.165) is 11.1 Å². The lowest BCUT2D eigenvalue weighted by Gasteiger charge is -2.36. The zero-order valence-corrected chi connectivity index (χ0v) is 11.1. The molecule has 2 rings (SSSR count). The Balaban J connectivity index is 2.59. The molecule has 0 saturated carbocycles. The van der Waals surface area contributed by atoms with E-state index in [-0.39, 0.29) is 12.2 Å². The molecule has 0 fully saturated rings. The molecule has 5 heteroatoms. The highest BCUT2D eigenvalue weighted by molar-refractivity contribution is 5.55. The van der Waals surface area contributed by atoms with Crippen LogP contribution in [0, 0.1) is 20.8 Å². The van der Waals surface area contributed by atoms with Crippen LogP contribution in [0.15, 0.2) is 0 Å². The van der Waals surface area contributed by atoms with Gasteiger partial charge in [0.1, 0.15) is 5.75 Å². The van der Waals surface area contributed by atoms with E-state index in [4.69, 9.17) is 0 Å². The second kappa shape index (κ2) is 4.13. The topological polar surface area (TPSA) is 40.5 Å². The summed E-state index contributed by atoms with van der Waals surface area (Å²) in [6.07, 6.45) is -5.49. The lowest BCUT2D eigenvalue weighted by molar-refractivity contribution is -0.263. The van der Waals surface area contributed by atoms with Crippen molar-refractivity contribution in [2.75, 3.05) is 0 Å². The second-order valence-corrected chi connectivity index (χ2v) is 5.39. The molecule has 1 aliphatic rings. The van der Waals surface area contributed by atoms with Crippen molar-refractivity contribution in [3.05, 3.63) is 27.8 Å². The number of aromatic hydroxyl groups is 1. The summed E-state index contributed by atoms with van der Waals surface area (Å²) in [5.74, 6) is 0.0716.